The maximum absolute atomic E-state index is 7.36. The first kappa shape index (κ1) is 27.5. The number of aromatic nitrogens is 2. The Balaban J connectivity index is 1.21. The second-order valence-electron chi connectivity index (χ2n) is 11.0. The molecule has 1 aliphatic heterocycles. The molecule has 0 radical (unpaired) electrons. The Bertz CT molecular complexity index is 1660. The molecule has 1 aromatic heterocycles. The molecule has 1 N–H and O–H groups in total. The Kier molecular flexibility index (Phi) is 8.39. The molecular formula is C35H32Cl2N4. The number of benzene rings is 4. The van der Waals surface area contributed by atoms with Gasteiger partial charge in [0.25, 0.3) is 0 Å². The average Bonchev–Trinajstić information content (AvgIpc) is 3.42. The summed E-state index contributed by atoms with van der Waals surface area (Å²) in [7, 11) is 0. The molecule has 206 valence electrons. The van der Waals surface area contributed by atoms with Crippen molar-refractivity contribution in [1.82, 2.24) is 14.9 Å². The molecule has 1 atom stereocenters. The van der Waals surface area contributed by atoms with Crippen LogP contribution in [0, 0.1) is 12.5 Å². The van der Waals surface area contributed by atoms with Crippen LogP contribution in [-0.4, -0.2) is 28.0 Å². The Labute approximate surface area is 251 Å². The third kappa shape index (κ3) is 6.49. The number of H-pyrrole nitrogens is 1. The molecule has 6 rings (SSSR count). The molecular weight excluding hydrogens is 547 g/mol. The van der Waals surface area contributed by atoms with Crippen LogP contribution in [0.2, 0.25) is 10.0 Å². The molecule has 5 aromatic rings. The van der Waals surface area contributed by atoms with Crippen LogP contribution in [0.15, 0.2) is 91.0 Å². The van der Waals surface area contributed by atoms with Crippen LogP contribution in [-0.2, 0) is 13.0 Å². The molecule has 1 unspecified atom stereocenters. The fourth-order valence-electron chi connectivity index (χ4n) is 6.21. The minimum absolute atomic E-state index is 0.421. The number of likely N-dealkylation sites (tertiary alicyclic amines) is 1. The molecule has 0 amide bonds. The summed E-state index contributed by atoms with van der Waals surface area (Å²) >= 11 is 12.7. The standard InChI is InChI=1S/C35H32Cl2N4/c1-38-30-9-5-8-28(20-30)25-10-12-26(13-11-25)31(14-15-34-39-33-22-29(36)21-32(37)35(33)40-34)27-16-18-41(19-17-27)23-24-6-3-2-4-7-24/h2-13,20-22,27,31H,14-19,23H2,(H,39,40). The van der Waals surface area contributed by atoms with Gasteiger partial charge in [0.2, 0.25) is 0 Å². The molecule has 0 saturated carbocycles. The Morgan fingerprint density at radius 1 is 0.902 bits per heavy atom. The van der Waals surface area contributed by atoms with Crippen molar-refractivity contribution < 1.29 is 0 Å². The third-order valence-corrected chi connectivity index (χ3v) is 8.85. The summed E-state index contributed by atoms with van der Waals surface area (Å²) in [6, 6.07) is 31.2. The van der Waals surface area contributed by atoms with Crippen molar-refractivity contribution in [3.8, 4) is 11.1 Å². The summed E-state index contributed by atoms with van der Waals surface area (Å²) < 4.78 is 0. The van der Waals surface area contributed by atoms with Gasteiger partial charge in [0.1, 0.15) is 11.3 Å². The quantitative estimate of drug-likeness (QED) is 0.186. The summed E-state index contributed by atoms with van der Waals surface area (Å²) in [5.41, 5.74) is 7.29. The van der Waals surface area contributed by atoms with Crippen molar-refractivity contribution in [3.63, 3.8) is 0 Å². The number of fused-ring (bicyclic) bond motifs is 1. The van der Waals surface area contributed by atoms with Crippen molar-refractivity contribution in [1.29, 1.82) is 0 Å². The zero-order valence-corrected chi connectivity index (χ0v) is 24.4. The van der Waals surface area contributed by atoms with E-state index >= 15 is 0 Å². The fraction of sp³-hybridized carbons (Fsp3) is 0.257. The number of hydrogen-bond acceptors (Lipinski definition) is 2. The van der Waals surface area contributed by atoms with Gasteiger partial charge in [-0.1, -0.05) is 96.0 Å². The highest BCUT2D eigenvalue weighted by Gasteiger charge is 2.28. The summed E-state index contributed by atoms with van der Waals surface area (Å²) in [6.45, 7) is 10.6. The van der Waals surface area contributed by atoms with Crippen LogP contribution in [0.4, 0.5) is 5.69 Å². The van der Waals surface area contributed by atoms with E-state index in [1.54, 1.807) is 6.07 Å². The summed E-state index contributed by atoms with van der Waals surface area (Å²) in [6.07, 6.45) is 4.19. The molecule has 6 heteroatoms. The fourth-order valence-corrected chi connectivity index (χ4v) is 6.75. The van der Waals surface area contributed by atoms with Crippen LogP contribution in [0.1, 0.15) is 42.1 Å². The number of nitrogens with one attached hydrogen (secondary N) is 1. The zero-order chi connectivity index (χ0) is 28.2. The number of hydrogen-bond donors (Lipinski definition) is 1. The van der Waals surface area contributed by atoms with Crippen molar-refractivity contribution >= 4 is 39.9 Å². The largest absolute Gasteiger partial charge is 0.342 e. The van der Waals surface area contributed by atoms with E-state index in [0.717, 1.165) is 60.5 Å². The summed E-state index contributed by atoms with van der Waals surface area (Å²) in [5.74, 6) is 1.97. The molecule has 2 heterocycles. The number of halogens is 2. The number of imidazole rings is 1. The minimum Gasteiger partial charge on any atom is -0.342 e. The zero-order valence-electron chi connectivity index (χ0n) is 22.9. The van der Waals surface area contributed by atoms with Crippen molar-refractivity contribution in [2.24, 2.45) is 5.92 Å². The highest BCUT2D eigenvalue weighted by molar-refractivity contribution is 6.38. The summed E-state index contributed by atoms with van der Waals surface area (Å²) in [5, 5.41) is 1.19. The maximum Gasteiger partial charge on any atom is 0.187 e. The predicted molar refractivity (Wildman–Crippen MR) is 170 cm³/mol. The minimum atomic E-state index is 0.421. The van der Waals surface area contributed by atoms with Crippen molar-refractivity contribution in [2.75, 3.05) is 13.1 Å². The number of nitrogens with zero attached hydrogens (tertiary/aromatic N) is 3. The second kappa shape index (κ2) is 12.5. The van der Waals surface area contributed by atoms with E-state index < -0.39 is 0 Å². The van der Waals surface area contributed by atoms with Crippen LogP contribution in [0.5, 0.6) is 0 Å². The maximum atomic E-state index is 7.36. The molecule has 0 spiro atoms. The first-order chi connectivity index (χ1) is 20.1. The molecule has 41 heavy (non-hydrogen) atoms. The Morgan fingerprint density at radius 3 is 2.44 bits per heavy atom. The number of aryl methyl sites for hydroxylation is 1. The van der Waals surface area contributed by atoms with E-state index in [0.29, 0.717) is 27.6 Å². The van der Waals surface area contributed by atoms with Gasteiger partial charge in [0.05, 0.1) is 17.1 Å². The van der Waals surface area contributed by atoms with Gasteiger partial charge >= 0.3 is 0 Å². The molecule has 1 fully saturated rings. The second-order valence-corrected chi connectivity index (χ2v) is 11.8. The molecule has 0 bridgehead atoms. The number of rotatable bonds is 8. The number of aromatic amines is 1. The first-order valence-electron chi connectivity index (χ1n) is 14.2. The lowest BCUT2D eigenvalue weighted by atomic mass is 9.77. The van der Waals surface area contributed by atoms with Gasteiger partial charge in [0.15, 0.2) is 5.69 Å². The van der Waals surface area contributed by atoms with Crippen molar-refractivity contribution in [2.45, 2.75) is 38.1 Å². The van der Waals surface area contributed by atoms with E-state index in [-0.39, 0.29) is 0 Å². The monoisotopic (exact) mass is 578 g/mol. The first-order valence-corrected chi connectivity index (χ1v) is 15.0. The highest BCUT2D eigenvalue weighted by Crippen LogP contribution is 2.38. The highest BCUT2D eigenvalue weighted by atomic mass is 35.5. The lowest BCUT2D eigenvalue weighted by Crippen LogP contribution is -2.35. The van der Waals surface area contributed by atoms with Crippen LogP contribution in [0.3, 0.4) is 0 Å². The molecule has 4 nitrogen and oxygen atoms in total. The topological polar surface area (TPSA) is 36.3 Å². The Morgan fingerprint density at radius 2 is 1.68 bits per heavy atom. The van der Waals surface area contributed by atoms with Gasteiger partial charge in [-0.15, -0.1) is 0 Å². The van der Waals surface area contributed by atoms with E-state index in [1.807, 2.05) is 24.3 Å². The molecule has 4 aromatic carbocycles. The van der Waals surface area contributed by atoms with Gasteiger partial charge < -0.3 is 4.98 Å². The van der Waals surface area contributed by atoms with Crippen LogP contribution >= 0.6 is 23.2 Å². The van der Waals surface area contributed by atoms with E-state index in [1.165, 1.54) is 24.0 Å². The molecule has 1 saturated heterocycles. The van der Waals surface area contributed by atoms with Crippen molar-refractivity contribution in [3.05, 3.63) is 129 Å². The van der Waals surface area contributed by atoms with Gasteiger partial charge in [-0.05, 0) is 84.6 Å². The third-order valence-electron chi connectivity index (χ3n) is 8.34. The van der Waals surface area contributed by atoms with Gasteiger partial charge in [-0.2, -0.15) is 0 Å². The van der Waals surface area contributed by atoms with Crippen LogP contribution in [0.25, 0.3) is 27.0 Å². The summed E-state index contributed by atoms with van der Waals surface area (Å²) in [4.78, 5) is 14.4. The normalized spacial score (nSPS) is 15.1. The predicted octanol–water partition coefficient (Wildman–Crippen LogP) is 9.72. The lowest BCUT2D eigenvalue weighted by molar-refractivity contribution is 0.159. The van der Waals surface area contributed by atoms with Gasteiger partial charge in [0, 0.05) is 18.0 Å². The molecule has 0 aliphatic carbocycles. The SMILES string of the molecule is [C-]#[N+]c1cccc(-c2ccc(C(CCc3nc4c(Cl)cc(Cl)cc4[nH]3)C3CCN(Cc4ccccc4)CC3)cc2)c1. The average molecular weight is 580 g/mol. The van der Waals surface area contributed by atoms with E-state index in [4.69, 9.17) is 34.8 Å². The van der Waals surface area contributed by atoms with Gasteiger partial charge in [-0.25, -0.2) is 9.83 Å². The van der Waals surface area contributed by atoms with E-state index in [9.17, 15) is 0 Å². The lowest BCUT2D eigenvalue weighted by Gasteiger charge is -2.36. The van der Waals surface area contributed by atoms with Crippen LogP contribution < -0.4 is 0 Å². The van der Waals surface area contributed by atoms with Gasteiger partial charge in [-0.3, -0.25) is 4.90 Å². The van der Waals surface area contributed by atoms with E-state index in [2.05, 4.69) is 75.4 Å². The Hall–Kier alpha value is -3.62. The molecule has 1 aliphatic rings. The number of piperidine rings is 1. The smallest absolute Gasteiger partial charge is 0.187 e.